The Morgan fingerprint density at radius 1 is 0.880 bits per heavy atom. The fourth-order valence-corrected chi connectivity index (χ4v) is 2.07. The molecule has 1 aromatic carbocycles. The molecule has 0 saturated heterocycles. The largest absolute Gasteiger partial charge is 0.467 e. The van der Waals surface area contributed by atoms with Crippen LogP contribution in [0.25, 0.3) is 0 Å². The van der Waals surface area contributed by atoms with Crippen LogP contribution in [-0.4, -0.2) is 30.8 Å². The highest BCUT2D eigenvalue weighted by atomic mass is 16.3. The summed E-state index contributed by atoms with van der Waals surface area (Å²) in [6.07, 6.45) is 2.26. The van der Waals surface area contributed by atoms with Crippen molar-refractivity contribution in [2.24, 2.45) is 0 Å². The Morgan fingerprint density at radius 3 is 2.40 bits per heavy atom. The van der Waals surface area contributed by atoms with Gasteiger partial charge in [0.15, 0.2) is 0 Å². The molecule has 2 rings (SSSR count). The van der Waals surface area contributed by atoms with E-state index in [2.05, 4.69) is 16.0 Å². The normalized spacial score (nSPS) is 10.1. The molecule has 132 valence electrons. The molecule has 0 aliphatic heterocycles. The number of hydrogen-bond acceptors (Lipinski definition) is 4. The molecule has 0 unspecified atom stereocenters. The van der Waals surface area contributed by atoms with Crippen molar-refractivity contribution in [1.29, 1.82) is 0 Å². The van der Waals surface area contributed by atoms with Gasteiger partial charge in [0.25, 0.3) is 5.91 Å². The minimum atomic E-state index is -0.290. The van der Waals surface area contributed by atoms with Crippen molar-refractivity contribution >= 4 is 17.7 Å². The highest BCUT2D eigenvalue weighted by molar-refractivity contribution is 5.94. The Kier molecular flexibility index (Phi) is 7.24. The number of nitrogens with one attached hydrogen (secondary N) is 3. The van der Waals surface area contributed by atoms with Crippen LogP contribution in [0.3, 0.4) is 0 Å². The van der Waals surface area contributed by atoms with Crippen LogP contribution in [0.1, 0.15) is 29.0 Å². The van der Waals surface area contributed by atoms with Gasteiger partial charge in [-0.3, -0.25) is 14.4 Å². The average Bonchev–Trinajstić information content (AvgIpc) is 3.16. The highest BCUT2D eigenvalue weighted by Gasteiger charge is 2.07. The quantitative estimate of drug-likeness (QED) is 0.596. The molecular formula is C18H21N3O4. The summed E-state index contributed by atoms with van der Waals surface area (Å²) in [4.78, 5) is 35.1. The van der Waals surface area contributed by atoms with Crippen molar-refractivity contribution in [1.82, 2.24) is 16.0 Å². The Balaban J connectivity index is 1.53. The van der Waals surface area contributed by atoms with Gasteiger partial charge < -0.3 is 20.4 Å². The fourth-order valence-electron chi connectivity index (χ4n) is 2.07. The van der Waals surface area contributed by atoms with Crippen LogP contribution in [0.2, 0.25) is 0 Å². The first-order chi connectivity index (χ1) is 12.1. The molecule has 0 saturated carbocycles. The van der Waals surface area contributed by atoms with Gasteiger partial charge in [-0.05, 0) is 30.7 Å². The Morgan fingerprint density at radius 2 is 1.68 bits per heavy atom. The van der Waals surface area contributed by atoms with Crippen molar-refractivity contribution in [3.05, 3.63) is 60.1 Å². The van der Waals surface area contributed by atoms with Crippen molar-refractivity contribution in [3.63, 3.8) is 0 Å². The second-order valence-electron chi connectivity index (χ2n) is 5.36. The molecule has 0 bridgehead atoms. The summed E-state index contributed by atoms with van der Waals surface area (Å²) < 4.78 is 5.09. The van der Waals surface area contributed by atoms with Crippen LogP contribution in [0.15, 0.2) is 53.1 Å². The third kappa shape index (κ3) is 6.90. The number of amides is 3. The lowest BCUT2D eigenvalue weighted by atomic mass is 10.2. The summed E-state index contributed by atoms with van der Waals surface area (Å²) in [5.41, 5.74) is 0.583. The molecule has 0 spiro atoms. The van der Waals surface area contributed by atoms with Gasteiger partial charge >= 0.3 is 0 Å². The van der Waals surface area contributed by atoms with Crippen molar-refractivity contribution in [3.8, 4) is 0 Å². The summed E-state index contributed by atoms with van der Waals surface area (Å²) in [5.74, 6) is -0.0450. The maximum absolute atomic E-state index is 11.8. The van der Waals surface area contributed by atoms with E-state index in [1.54, 1.807) is 36.4 Å². The number of hydrogen-bond donors (Lipinski definition) is 3. The van der Waals surface area contributed by atoms with Crippen LogP contribution in [0.5, 0.6) is 0 Å². The molecule has 3 amide bonds. The first-order valence-electron chi connectivity index (χ1n) is 8.04. The van der Waals surface area contributed by atoms with Crippen molar-refractivity contribution in [2.75, 3.05) is 13.1 Å². The second-order valence-corrected chi connectivity index (χ2v) is 5.36. The Labute approximate surface area is 145 Å². The predicted octanol–water partition coefficient (Wildman–Crippen LogP) is 1.22. The van der Waals surface area contributed by atoms with Gasteiger partial charge in [0.2, 0.25) is 11.8 Å². The van der Waals surface area contributed by atoms with Crippen molar-refractivity contribution < 1.29 is 18.8 Å². The van der Waals surface area contributed by atoms with Crippen LogP contribution in [-0.2, 0) is 16.1 Å². The summed E-state index contributed by atoms with van der Waals surface area (Å²) in [6, 6.07) is 12.4. The lowest BCUT2D eigenvalue weighted by Gasteiger charge is -2.07. The van der Waals surface area contributed by atoms with Gasteiger partial charge in [0.05, 0.1) is 19.4 Å². The van der Waals surface area contributed by atoms with E-state index in [0.29, 0.717) is 24.3 Å². The topological polar surface area (TPSA) is 100 Å². The van der Waals surface area contributed by atoms with E-state index in [1.165, 1.54) is 6.26 Å². The van der Waals surface area contributed by atoms with E-state index in [0.717, 1.165) is 0 Å². The van der Waals surface area contributed by atoms with Crippen LogP contribution in [0.4, 0.5) is 0 Å². The van der Waals surface area contributed by atoms with E-state index in [1.807, 2.05) is 6.07 Å². The number of rotatable bonds is 9. The smallest absolute Gasteiger partial charge is 0.251 e. The average molecular weight is 343 g/mol. The van der Waals surface area contributed by atoms with Crippen LogP contribution in [0, 0.1) is 0 Å². The molecule has 1 heterocycles. The molecule has 1 aromatic heterocycles. The summed E-state index contributed by atoms with van der Waals surface area (Å²) in [5, 5.41) is 7.92. The lowest BCUT2D eigenvalue weighted by Crippen LogP contribution is -2.36. The molecule has 0 atom stereocenters. The summed E-state index contributed by atoms with van der Waals surface area (Å²) >= 11 is 0. The first kappa shape index (κ1) is 18.3. The van der Waals surface area contributed by atoms with Gasteiger partial charge in [0.1, 0.15) is 5.76 Å². The second kappa shape index (κ2) is 9.92. The standard InChI is InChI=1S/C18H21N3O4/c22-16(21-13-17(23)20-12-15-8-5-11-25-15)9-4-10-19-18(24)14-6-2-1-3-7-14/h1-3,5-8,11H,4,9-10,12-13H2,(H,19,24)(H,20,23)(H,21,22). The molecular weight excluding hydrogens is 322 g/mol. The van der Waals surface area contributed by atoms with Crippen molar-refractivity contribution in [2.45, 2.75) is 19.4 Å². The molecule has 3 N–H and O–H groups in total. The SMILES string of the molecule is O=C(CCCNC(=O)c1ccccc1)NCC(=O)NCc1ccco1. The number of carbonyl (C=O) groups is 3. The molecule has 2 aromatic rings. The van der Waals surface area contributed by atoms with E-state index in [-0.39, 0.29) is 37.2 Å². The van der Waals surface area contributed by atoms with Gasteiger partial charge in [0, 0.05) is 18.5 Å². The van der Waals surface area contributed by atoms with Gasteiger partial charge in [-0.15, -0.1) is 0 Å². The maximum atomic E-state index is 11.8. The minimum absolute atomic E-state index is 0.0874. The zero-order valence-electron chi connectivity index (χ0n) is 13.8. The first-order valence-corrected chi connectivity index (χ1v) is 8.04. The Bertz CT molecular complexity index is 684. The van der Waals surface area contributed by atoms with E-state index in [4.69, 9.17) is 4.42 Å². The van der Waals surface area contributed by atoms with E-state index in [9.17, 15) is 14.4 Å². The van der Waals surface area contributed by atoms with E-state index >= 15 is 0 Å². The third-order valence-corrected chi connectivity index (χ3v) is 3.39. The van der Waals surface area contributed by atoms with E-state index < -0.39 is 0 Å². The zero-order chi connectivity index (χ0) is 17.9. The zero-order valence-corrected chi connectivity index (χ0v) is 13.8. The lowest BCUT2D eigenvalue weighted by molar-refractivity contribution is -0.126. The molecule has 0 radical (unpaired) electrons. The number of benzene rings is 1. The molecule has 0 fully saturated rings. The third-order valence-electron chi connectivity index (χ3n) is 3.39. The van der Waals surface area contributed by atoms with Gasteiger partial charge in [-0.1, -0.05) is 18.2 Å². The van der Waals surface area contributed by atoms with Crippen LogP contribution >= 0.6 is 0 Å². The summed E-state index contributed by atoms with van der Waals surface area (Å²) in [6.45, 7) is 0.592. The highest BCUT2D eigenvalue weighted by Crippen LogP contribution is 1.99. The maximum Gasteiger partial charge on any atom is 0.251 e. The number of furan rings is 1. The molecule has 7 nitrogen and oxygen atoms in total. The molecule has 25 heavy (non-hydrogen) atoms. The predicted molar refractivity (Wildman–Crippen MR) is 91.6 cm³/mol. The fraction of sp³-hybridized carbons (Fsp3) is 0.278. The molecule has 7 heteroatoms. The number of carbonyl (C=O) groups excluding carboxylic acids is 3. The molecule has 0 aliphatic rings. The Hall–Kier alpha value is -3.09. The molecule has 0 aliphatic carbocycles. The minimum Gasteiger partial charge on any atom is -0.467 e. The van der Waals surface area contributed by atoms with Crippen LogP contribution < -0.4 is 16.0 Å². The van der Waals surface area contributed by atoms with Gasteiger partial charge in [-0.25, -0.2) is 0 Å². The monoisotopic (exact) mass is 343 g/mol. The van der Waals surface area contributed by atoms with Gasteiger partial charge in [-0.2, -0.15) is 0 Å². The summed E-state index contributed by atoms with van der Waals surface area (Å²) in [7, 11) is 0.